The lowest BCUT2D eigenvalue weighted by Gasteiger charge is -2.26. The summed E-state index contributed by atoms with van der Waals surface area (Å²) in [5.74, 6) is -1.35. The molecule has 1 fully saturated rings. The van der Waals surface area contributed by atoms with Crippen LogP contribution in [0.15, 0.2) is 42.5 Å². The van der Waals surface area contributed by atoms with E-state index in [1.165, 1.54) is 34.4 Å². The molecule has 0 N–H and O–H groups in total. The predicted molar refractivity (Wildman–Crippen MR) is 104 cm³/mol. The van der Waals surface area contributed by atoms with E-state index in [0.717, 1.165) is 16.6 Å². The summed E-state index contributed by atoms with van der Waals surface area (Å²) < 4.78 is 15.2. The smallest absolute Gasteiger partial charge is 0.266 e. The lowest BCUT2D eigenvalue weighted by atomic mass is 10.2. The van der Waals surface area contributed by atoms with Crippen LogP contribution in [0.1, 0.15) is 23.2 Å². The molecular weight excluding hydrogens is 389 g/mol. The summed E-state index contributed by atoms with van der Waals surface area (Å²) in [5, 5.41) is 0.430. The summed E-state index contributed by atoms with van der Waals surface area (Å²) in [4.78, 5) is 32.7. The Bertz CT molecular complexity index is 985. The zero-order valence-electron chi connectivity index (χ0n) is 14.2. The topological polar surface area (TPSA) is 53.5 Å². The van der Waals surface area contributed by atoms with E-state index in [4.69, 9.17) is 11.6 Å². The van der Waals surface area contributed by atoms with Gasteiger partial charge in [0.05, 0.1) is 20.8 Å². The third kappa shape index (κ3) is 3.40. The van der Waals surface area contributed by atoms with Crippen LogP contribution in [-0.4, -0.2) is 34.9 Å². The molecule has 27 heavy (non-hydrogen) atoms. The van der Waals surface area contributed by atoms with Crippen LogP contribution in [0.25, 0.3) is 10.2 Å². The van der Waals surface area contributed by atoms with E-state index in [9.17, 15) is 14.0 Å². The lowest BCUT2D eigenvalue weighted by Crippen LogP contribution is -2.42. The molecule has 0 aliphatic carbocycles. The highest BCUT2D eigenvalue weighted by Crippen LogP contribution is 2.31. The highest BCUT2D eigenvalue weighted by atomic mass is 35.5. The maximum Gasteiger partial charge on any atom is 0.266 e. The van der Waals surface area contributed by atoms with Gasteiger partial charge in [0.25, 0.3) is 5.91 Å². The first kappa shape index (κ1) is 17.9. The van der Waals surface area contributed by atoms with Crippen LogP contribution in [0, 0.1) is 5.82 Å². The highest BCUT2D eigenvalue weighted by molar-refractivity contribution is 7.22. The van der Waals surface area contributed by atoms with Gasteiger partial charge in [-0.2, -0.15) is 0 Å². The Morgan fingerprint density at radius 1 is 1.26 bits per heavy atom. The lowest BCUT2D eigenvalue weighted by molar-refractivity contribution is -0.127. The average Bonchev–Trinajstić information content (AvgIpc) is 3.25. The molecule has 2 amide bonds. The van der Waals surface area contributed by atoms with Gasteiger partial charge in [-0.05, 0) is 30.7 Å². The molecule has 2 heterocycles. The molecule has 0 atom stereocenters. The Balaban J connectivity index is 1.77. The standard InChI is InChI=1S/C19H15ClFN3O2S/c20-12-5-3-6-13(21)17(12)18(26)24(11-23-10-4-9-16(23)25)19-22-14-7-1-2-8-15(14)27-19/h1-3,5-8H,4,9-11H2. The van der Waals surface area contributed by atoms with E-state index in [-0.39, 0.29) is 23.2 Å². The van der Waals surface area contributed by atoms with Crippen LogP contribution in [0.5, 0.6) is 0 Å². The normalized spacial score (nSPS) is 14.1. The highest BCUT2D eigenvalue weighted by Gasteiger charge is 2.30. The number of hydrogen-bond donors (Lipinski definition) is 0. The molecule has 0 bridgehead atoms. The fourth-order valence-corrected chi connectivity index (χ4v) is 4.25. The van der Waals surface area contributed by atoms with Crippen molar-refractivity contribution in [3.05, 3.63) is 58.9 Å². The van der Waals surface area contributed by atoms with Crippen LogP contribution in [0.3, 0.4) is 0 Å². The molecule has 1 aliphatic rings. The molecule has 8 heteroatoms. The number of rotatable bonds is 4. The Labute approximate surface area is 164 Å². The van der Waals surface area contributed by atoms with Crippen molar-refractivity contribution in [3.8, 4) is 0 Å². The molecule has 1 saturated heterocycles. The quantitative estimate of drug-likeness (QED) is 0.652. The maximum atomic E-state index is 14.3. The fourth-order valence-electron chi connectivity index (χ4n) is 3.05. The van der Waals surface area contributed by atoms with Crippen LogP contribution < -0.4 is 4.90 Å². The number of likely N-dealkylation sites (tertiary alicyclic amines) is 1. The molecule has 138 valence electrons. The number of anilines is 1. The van der Waals surface area contributed by atoms with Gasteiger partial charge in [0.2, 0.25) is 5.91 Å². The Hall–Kier alpha value is -2.51. The molecule has 0 saturated carbocycles. The van der Waals surface area contributed by atoms with Crippen LogP contribution in [0.4, 0.5) is 9.52 Å². The van der Waals surface area contributed by atoms with Crippen LogP contribution in [0.2, 0.25) is 5.02 Å². The summed E-state index contributed by atoms with van der Waals surface area (Å²) >= 11 is 7.41. The van der Waals surface area contributed by atoms with Gasteiger partial charge in [-0.3, -0.25) is 14.5 Å². The molecule has 2 aromatic carbocycles. The van der Waals surface area contributed by atoms with Gasteiger partial charge in [-0.25, -0.2) is 9.37 Å². The van der Waals surface area contributed by atoms with Gasteiger partial charge in [-0.1, -0.05) is 41.1 Å². The third-order valence-electron chi connectivity index (χ3n) is 4.42. The Kier molecular flexibility index (Phi) is 4.80. The molecule has 1 aromatic heterocycles. The second kappa shape index (κ2) is 7.25. The van der Waals surface area contributed by atoms with Gasteiger partial charge in [0.15, 0.2) is 5.13 Å². The van der Waals surface area contributed by atoms with Crippen molar-refractivity contribution in [1.29, 1.82) is 0 Å². The zero-order chi connectivity index (χ0) is 19.0. The predicted octanol–water partition coefficient (Wildman–Crippen LogP) is 4.32. The molecule has 0 radical (unpaired) electrons. The Morgan fingerprint density at radius 3 is 2.78 bits per heavy atom. The summed E-state index contributed by atoms with van der Waals surface area (Å²) in [6.45, 7) is 0.570. The number of benzene rings is 2. The van der Waals surface area contributed by atoms with Crippen molar-refractivity contribution >= 4 is 50.1 Å². The van der Waals surface area contributed by atoms with Gasteiger partial charge >= 0.3 is 0 Å². The second-order valence-corrected chi connectivity index (χ2v) is 7.61. The molecule has 1 aliphatic heterocycles. The minimum atomic E-state index is -0.702. The number of aromatic nitrogens is 1. The first-order chi connectivity index (χ1) is 13.0. The zero-order valence-corrected chi connectivity index (χ0v) is 15.8. The van der Waals surface area contributed by atoms with E-state index < -0.39 is 11.7 Å². The van der Waals surface area contributed by atoms with Crippen molar-refractivity contribution in [1.82, 2.24) is 9.88 Å². The number of carbonyl (C=O) groups is 2. The van der Waals surface area contributed by atoms with E-state index >= 15 is 0 Å². The number of nitrogens with zero attached hydrogens (tertiary/aromatic N) is 3. The first-order valence-corrected chi connectivity index (χ1v) is 9.63. The van der Waals surface area contributed by atoms with Crippen molar-refractivity contribution in [3.63, 3.8) is 0 Å². The minimum absolute atomic E-state index is 0.0160. The average molecular weight is 404 g/mol. The number of amides is 2. The van der Waals surface area contributed by atoms with Crippen molar-refractivity contribution in [2.24, 2.45) is 0 Å². The Morgan fingerprint density at radius 2 is 2.07 bits per heavy atom. The van der Waals surface area contributed by atoms with Gasteiger partial charge < -0.3 is 4.90 Å². The molecule has 0 spiro atoms. The summed E-state index contributed by atoms with van der Waals surface area (Å²) in [7, 11) is 0. The fraction of sp³-hybridized carbons (Fsp3) is 0.211. The van der Waals surface area contributed by atoms with E-state index in [2.05, 4.69) is 4.98 Å². The second-order valence-electron chi connectivity index (χ2n) is 6.20. The molecule has 0 unspecified atom stereocenters. The van der Waals surface area contributed by atoms with Crippen molar-refractivity contribution in [2.45, 2.75) is 12.8 Å². The van der Waals surface area contributed by atoms with Gasteiger partial charge in [0.1, 0.15) is 12.5 Å². The van der Waals surface area contributed by atoms with E-state index in [1.807, 2.05) is 24.3 Å². The van der Waals surface area contributed by atoms with Crippen LogP contribution >= 0.6 is 22.9 Å². The number of para-hydroxylation sites is 1. The van der Waals surface area contributed by atoms with Crippen molar-refractivity contribution in [2.75, 3.05) is 18.1 Å². The van der Waals surface area contributed by atoms with E-state index in [0.29, 0.717) is 18.1 Å². The van der Waals surface area contributed by atoms with Gasteiger partial charge in [-0.15, -0.1) is 0 Å². The van der Waals surface area contributed by atoms with Crippen molar-refractivity contribution < 1.29 is 14.0 Å². The largest absolute Gasteiger partial charge is 0.324 e. The number of carbonyl (C=O) groups excluding carboxylic acids is 2. The summed E-state index contributed by atoms with van der Waals surface area (Å²) in [5.41, 5.74) is 0.521. The molecule has 4 rings (SSSR count). The summed E-state index contributed by atoms with van der Waals surface area (Å²) in [6.07, 6.45) is 1.18. The number of thiazole rings is 1. The number of hydrogen-bond acceptors (Lipinski definition) is 4. The van der Waals surface area contributed by atoms with Gasteiger partial charge in [0, 0.05) is 13.0 Å². The third-order valence-corrected chi connectivity index (χ3v) is 5.79. The summed E-state index contributed by atoms with van der Waals surface area (Å²) in [6, 6.07) is 11.6. The monoisotopic (exact) mass is 403 g/mol. The van der Waals surface area contributed by atoms with E-state index in [1.54, 1.807) is 4.90 Å². The molecule has 5 nitrogen and oxygen atoms in total. The first-order valence-electron chi connectivity index (χ1n) is 8.44. The number of fused-ring (bicyclic) bond motifs is 1. The molecular formula is C19H15ClFN3O2S. The number of halogens is 2. The SMILES string of the molecule is O=C1CCCN1CN(C(=O)c1c(F)cccc1Cl)c1nc2ccccc2s1. The molecule has 3 aromatic rings. The van der Waals surface area contributed by atoms with Crippen LogP contribution in [-0.2, 0) is 4.79 Å². The maximum absolute atomic E-state index is 14.3. The minimum Gasteiger partial charge on any atom is -0.324 e.